The normalized spacial score (nSPS) is 11.9. The van der Waals surface area contributed by atoms with Crippen LogP contribution in [0.2, 0.25) is 0 Å². The fourth-order valence-electron chi connectivity index (χ4n) is 6.67. The Kier molecular flexibility index (Phi) is 18.6. The van der Waals surface area contributed by atoms with Crippen LogP contribution in [0.15, 0.2) is 97.1 Å². The average Bonchev–Trinajstić information content (AvgIpc) is 3.25. The molecule has 312 valence electrons. The molecule has 0 radical (unpaired) electrons. The fourth-order valence-corrected chi connectivity index (χ4v) is 6.67. The molecule has 4 rings (SSSR count). The number of primary amides is 1. The molecule has 2 amide bonds. The van der Waals surface area contributed by atoms with Crippen molar-refractivity contribution >= 4 is 34.9 Å². The molecule has 59 heavy (non-hydrogen) atoms. The van der Waals surface area contributed by atoms with Gasteiger partial charge in [-0.15, -0.1) is 0 Å². The van der Waals surface area contributed by atoms with Gasteiger partial charge in [-0.05, 0) is 80.6 Å². The number of carbonyl (C=O) groups excluding carboxylic acids is 6. The quantitative estimate of drug-likeness (QED) is 0.0428. The molecule has 0 saturated heterocycles. The topological polar surface area (TPSA) is 183 Å². The van der Waals surface area contributed by atoms with Crippen molar-refractivity contribution in [2.24, 2.45) is 11.7 Å². The number of hydrogen-bond acceptors (Lipinski definition) is 10. The van der Waals surface area contributed by atoms with Crippen LogP contribution in [-0.4, -0.2) is 81.4 Å². The lowest BCUT2D eigenvalue weighted by molar-refractivity contribution is -0.122. The zero-order chi connectivity index (χ0) is 42.6. The number of ketones is 4. The van der Waals surface area contributed by atoms with Crippen LogP contribution < -0.4 is 31.2 Å². The molecule has 4 aromatic rings. The molecule has 0 fully saturated rings. The van der Waals surface area contributed by atoms with Crippen molar-refractivity contribution in [1.29, 1.82) is 0 Å². The summed E-state index contributed by atoms with van der Waals surface area (Å²) in [5.41, 5.74) is 8.37. The van der Waals surface area contributed by atoms with E-state index in [4.69, 9.17) is 15.2 Å². The molecule has 4 aromatic carbocycles. The molecule has 0 saturated carbocycles. The van der Waals surface area contributed by atoms with Crippen molar-refractivity contribution in [3.05, 3.63) is 130 Å². The standard InChI is InChI=1S/C47H56N4O8/c1-32(14-10-12-24-49-30-42(54)35-15-6-4-7-16-35)40(52)28-34-21-23-45(59-3)38(27-34)47(57)51-39(19-11-13-25-50-31-43(55)36-17-8-5-9-18-36)41(53)29-33-20-22-44(58-2)37(26-33)46(48)56/h4-9,15-18,20-23,26-27,32,39,49-50H,10-14,19,24-25,28-31H2,1-3H3,(H2,48,56)(H,51,57)/t32-,39-/m0/s1. The Labute approximate surface area is 346 Å². The van der Waals surface area contributed by atoms with E-state index in [-0.39, 0.29) is 71.9 Å². The largest absolute Gasteiger partial charge is 0.496 e. The number of Topliss-reactive ketones (excluding diaryl/α,β-unsaturated/α-hetero) is 4. The summed E-state index contributed by atoms with van der Waals surface area (Å²) in [5.74, 6) is -1.07. The maximum Gasteiger partial charge on any atom is 0.255 e. The van der Waals surface area contributed by atoms with E-state index in [9.17, 15) is 28.8 Å². The molecule has 0 aliphatic carbocycles. The van der Waals surface area contributed by atoms with Crippen LogP contribution in [0.3, 0.4) is 0 Å². The molecular formula is C47H56N4O8. The van der Waals surface area contributed by atoms with Gasteiger partial charge in [-0.2, -0.15) is 0 Å². The van der Waals surface area contributed by atoms with Crippen molar-refractivity contribution in [1.82, 2.24) is 16.0 Å². The lowest BCUT2D eigenvalue weighted by Gasteiger charge is -2.20. The Morgan fingerprint density at radius 1 is 0.593 bits per heavy atom. The third-order valence-corrected chi connectivity index (χ3v) is 10.1. The molecular weight excluding hydrogens is 749 g/mol. The highest BCUT2D eigenvalue weighted by Gasteiger charge is 2.25. The van der Waals surface area contributed by atoms with Crippen molar-refractivity contribution in [2.75, 3.05) is 40.4 Å². The second-order valence-electron chi connectivity index (χ2n) is 14.6. The SMILES string of the molecule is COc1ccc(CC(=O)[C@H](CCCCNCC(=O)c2ccccc2)NC(=O)c2cc(CC(=O)[C@@H](C)CCCCNCC(=O)c3ccccc3)ccc2OC)cc1C(N)=O. The minimum absolute atomic E-state index is 0.0222. The first-order valence-corrected chi connectivity index (χ1v) is 20.1. The number of nitrogens with two attached hydrogens (primary N) is 1. The van der Waals surface area contributed by atoms with Gasteiger partial charge in [0.1, 0.15) is 17.3 Å². The lowest BCUT2D eigenvalue weighted by atomic mass is 9.93. The summed E-state index contributed by atoms with van der Waals surface area (Å²) in [4.78, 5) is 77.8. The van der Waals surface area contributed by atoms with Crippen LogP contribution in [-0.2, 0) is 22.4 Å². The third-order valence-electron chi connectivity index (χ3n) is 10.1. The van der Waals surface area contributed by atoms with E-state index >= 15 is 0 Å². The zero-order valence-corrected chi connectivity index (χ0v) is 34.2. The van der Waals surface area contributed by atoms with Crippen LogP contribution in [0.4, 0.5) is 0 Å². The summed E-state index contributed by atoms with van der Waals surface area (Å²) in [7, 11) is 2.87. The van der Waals surface area contributed by atoms with E-state index in [1.54, 1.807) is 54.6 Å². The van der Waals surface area contributed by atoms with Crippen LogP contribution in [0.25, 0.3) is 0 Å². The predicted molar refractivity (Wildman–Crippen MR) is 227 cm³/mol. The Morgan fingerprint density at radius 3 is 1.58 bits per heavy atom. The van der Waals surface area contributed by atoms with Gasteiger partial charge in [0.2, 0.25) is 0 Å². The molecule has 0 bridgehead atoms. The number of methoxy groups -OCH3 is 2. The van der Waals surface area contributed by atoms with Crippen LogP contribution in [0.5, 0.6) is 11.5 Å². The van der Waals surface area contributed by atoms with Crippen molar-refractivity contribution in [3.63, 3.8) is 0 Å². The minimum atomic E-state index is -0.895. The molecule has 0 unspecified atom stereocenters. The lowest BCUT2D eigenvalue weighted by Crippen LogP contribution is -2.42. The van der Waals surface area contributed by atoms with E-state index < -0.39 is 17.9 Å². The van der Waals surface area contributed by atoms with E-state index in [1.165, 1.54) is 20.3 Å². The summed E-state index contributed by atoms with van der Waals surface area (Å²) in [6.07, 6.45) is 3.88. The molecule has 0 heterocycles. The molecule has 0 spiro atoms. The summed E-state index contributed by atoms with van der Waals surface area (Å²) in [6.45, 7) is 3.53. The van der Waals surface area contributed by atoms with Gasteiger partial charge in [0, 0.05) is 29.9 Å². The number of ether oxygens (including phenoxy) is 2. The van der Waals surface area contributed by atoms with Gasteiger partial charge in [-0.25, -0.2) is 0 Å². The molecule has 0 aliphatic heterocycles. The molecule has 0 aromatic heterocycles. The number of benzene rings is 4. The highest BCUT2D eigenvalue weighted by atomic mass is 16.5. The first-order chi connectivity index (χ1) is 28.5. The highest BCUT2D eigenvalue weighted by molar-refractivity contribution is 6.01. The van der Waals surface area contributed by atoms with Gasteiger partial charge in [-0.1, -0.05) is 86.1 Å². The Morgan fingerprint density at radius 2 is 1.07 bits per heavy atom. The van der Waals surface area contributed by atoms with Crippen LogP contribution in [0, 0.1) is 5.92 Å². The van der Waals surface area contributed by atoms with Crippen LogP contribution in [0.1, 0.15) is 98.0 Å². The van der Waals surface area contributed by atoms with Gasteiger partial charge in [0.25, 0.3) is 11.8 Å². The Hall–Kier alpha value is -5.98. The van der Waals surface area contributed by atoms with Gasteiger partial charge in [0.15, 0.2) is 17.3 Å². The summed E-state index contributed by atoms with van der Waals surface area (Å²) in [6, 6.07) is 27.1. The van der Waals surface area contributed by atoms with Gasteiger partial charge in [-0.3, -0.25) is 28.8 Å². The summed E-state index contributed by atoms with van der Waals surface area (Å²) >= 11 is 0. The first kappa shape index (κ1) is 45.7. The van der Waals surface area contributed by atoms with Crippen molar-refractivity contribution < 1.29 is 38.2 Å². The van der Waals surface area contributed by atoms with E-state index in [0.29, 0.717) is 66.8 Å². The van der Waals surface area contributed by atoms with E-state index in [1.807, 2.05) is 43.3 Å². The fraction of sp³-hybridized carbons (Fsp3) is 0.362. The Balaban J connectivity index is 1.35. The average molecular weight is 805 g/mol. The summed E-state index contributed by atoms with van der Waals surface area (Å²) in [5, 5.41) is 9.25. The monoisotopic (exact) mass is 804 g/mol. The van der Waals surface area contributed by atoms with Gasteiger partial charge >= 0.3 is 0 Å². The number of nitrogens with one attached hydrogen (secondary N) is 3. The van der Waals surface area contributed by atoms with Crippen LogP contribution >= 0.6 is 0 Å². The van der Waals surface area contributed by atoms with Gasteiger partial charge in [0.05, 0.1) is 44.5 Å². The molecule has 5 N–H and O–H groups in total. The number of carbonyl (C=O) groups is 6. The van der Waals surface area contributed by atoms with Crippen molar-refractivity contribution in [2.45, 2.75) is 64.3 Å². The second kappa shape index (κ2) is 24.1. The Bertz CT molecular complexity index is 2040. The number of unbranched alkanes of at least 4 members (excludes halogenated alkanes) is 2. The molecule has 0 aliphatic rings. The van der Waals surface area contributed by atoms with Crippen molar-refractivity contribution in [3.8, 4) is 11.5 Å². The molecule has 12 heteroatoms. The van der Waals surface area contributed by atoms with E-state index in [2.05, 4.69) is 16.0 Å². The first-order valence-electron chi connectivity index (χ1n) is 20.1. The second-order valence-corrected chi connectivity index (χ2v) is 14.6. The smallest absolute Gasteiger partial charge is 0.255 e. The minimum Gasteiger partial charge on any atom is -0.496 e. The maximum atomic E-state index is 13.9. The molecule has 12 nitrogen and oxygen atoms in total. The number of amides is 2. The predicted octanol–water partition coefficient (Wildman–Crippen LogP) is 5.75. The third kappa shape index (κ3) is 14.7. The number of rotatable bonds is 27. The summed E-state index contributed by atoms with van der Waals surface area (Å²) < 4.78 is 10.8. The number of hydrogen-bond donors (Lipinski definition) is 4. The maximum absolute atomic E-state index is 13.9. The zero-order valence-electron chi connectivity index (χ0n) is 34.2. The highest BCUT2D eigenvalue weighted by Crippen LogP contribution is 2.24. The molecule has 2 atom stereocenters. The van der Waals surface area contributed by atoms with E-state index in [0.717, 1.165) is 12.8 Å². The van der Waals surface area contributed by atoms with Gasteiger partial charge < -0.3 is 31.2 Å².